The molecular formula is C16H27N3. The Hall–Kier alpha value is -1.09. The number of hydrogen-bond acceptors (Lipinski definition) is 3. The highest BCUT2D eigenvalue weighted by Crippen LogP contribution is 2.31. The molecule has 1 saturated heterocycles. The Morgan fingerprint density at radius 3 is 2.84 bits per heavy atom. The number of anilines is 1. The Labute approximate surface area is 117 Å². The topological polar surface area (TPSA) is 28.2 Å². The van der Waals surface area contributed by atoms with Crippen molar-refractivity contribution in [3.63, 3.8) is 0 Å². The van der Waals surface area contributed by atoms with Crippen LogP contribution >= 0.6 is 0 Å². The molecule has 19 heavy (non-hydrogen) atoms. The largest absolute Gasteiger partial charge is 0.367 e. The second-order valence-corrected chi connectivity index (χ2v) is 6.19. The van der Waals surface area contributed by atoms with E-state index in [0.29, 0.717) is 18.0 Å². The SMILES string of the molecule is CC(C)NCc1ccncc1N1CCCC1C(C)C. The summed E-state index contributed by atoms with van der Waals surface area (Å²) in [7, 11) is 0. The van der Waals surface area contributed by atoms with Crippen LogP contribution in [0.2, 0.25) is 0 Å². The fourth-order valence-electron chi connectivity index (χ4n) is 2.92. The molecule has 3 heteroatoms. The van der Waals surface area contributed by atoms with E-state index in [1.54, 1.807) is 0 Å². The lowest BCUT2D eigenvalue weighted by Gasteiger charge is -2.31. The smallest absolute Gasteiger partial charge is 0.0600 e. The first-order chi connectivity index (χ1) is 9.09. The van der Waals surface area contributed by atoms with Crippen LogP contribution in [0.3, 0.4) is 0 Å². The van der Waals surface area contributed by atoms with E-state index in [0.717, 1.165) is 6.54 Å². The van der Waals surface area contributed by atoms with Crippen molar-refractivity contribution in [1.82, 2.24) is 10.3 Å². The molecule has 1 aromatic heterocycles. The van der Waals surface area contributed by atoms with Gasteiger partial charge in [-0.1, -0.05) is 27.7 Å². The third-order valence-corrected chi connectivity index (χ3v) is 3.97. The Morgan fingerprint density at radius 1 is 1.37 bits per heavy atom. The molecule has 3 nitrogen and oxygen atoms in total. The van der Waals surface area contributed by atoms with Crippen molar-refractivity contribution in [3.05, 3.63) is 24.0 Å². The van der Waals surface area contributed by atoms with Crippen molar-refractivity contribution < 1.29 is 0 Å². The van der Waals surface area contributed by atoms with Crippen molar-refractivity contribution >= 4 is 5.69 Å². The van der Waals surface area contributed by atoms with Gasteiger partial charge < -0.3 is 10.2 Å². The van der Waals surface area contributed by atoms with E-state index >= 15 is 0 Å². The van der Waals surface area contributed by atoms with Gasteiger partial charge in [-0.2, -0.15) is 0 Å². The van der Waals surface area contributed by atoms with E-state index in [4.69, 9.17) is 0 Å². The number of pyridine rings is 1. The Balaban J connectivity index is 2.19. The van der Waals surface area contributed by atoms with Crippen molar-refractivity contribution in [2.45, 2.75) is 59.2 Å². The quantitative estimate of drug-likeness (QED) is 0.882. The second-order valence-electron chi connectivity index (χ2n) is 6.19. The van der Waals surface area contributed by atoms with Gasteiger partial charge in [-0.05, 0) is 30.4 Å². The molecule has 1 atom stereocenters. The van der Waals surface area contributed by atoms with Crippen LogP contribution in [-0.4, -0.2) is 23.6 Å². The molecule has 1 aliphatic rings. The zero-order valence-corrected chi connectivity index (χ0v) is 12.7. The summed E-state index contributed by atoms with van der Waals surface area (Å²) in [5.74, 6) is 0.702. The van der Waals surface area contributed by atoms with Crippen LogP contribution in [0.5, 0.6) is 0 Å². The molecule has 1 N–H and O–H groups in total. The molecule has 0 bridgehead atoms. The van der Waals surface area contributed by atoms with E-state index in [2.05, 4.69) is 49.0 Å². The predicted octanol–water partition coefficient (Wildman–Crippen LogP) is 3.20. The van der Waals surface area contributed by atoms with E-state index in [1.165, 1.54) is 30.6 Å². The first-order valence-electron chi connectivity index (χ1n) is 7.52. The van der Waals surface area contributed by atoms with Gasteiger partial charge in [0.1, 0.15) is 0 Å². The second kappa shape index (κ2) is 6.38. The van der Waals surface area contributed by atoms with Gasteiger partial charge in [-0.3, -0.25) is 4.98 Å². The zero-order valence-electron chi connectivity index (χ0n) is 12.7. The molecule has 0 amide bonds. The highest BCUT2D eigenvalue weighted by atomic mass is 15.2. The third kappa shape index (κ3) is 3.47. The Bertz CT molecular complexity index is 401. The highest BCUT2D eigenvalue weighted by Gasteiger charge is 2.28. The molecule has 1 unspecified atom stereocenters. The van der Waals surface area contributed by atoms with E-state index in [9.17, 15) is 0 Å². The minimum Gasteiger partial charge on any atom is -0.367 e. The van der Waals surface area contributed by atoms with Crippen molar-refractivity contribution in [3.8, 4) is 0 Å². The fraction of sp³-hybridized carbons (Fsp3) is 0.688. The van der Waals surface area contributed by atoms with Gasteiger partial charge in [0.25, 0.3) is 0 Å². The molecule has 106 valence electrons. The van der Waals surface area contributed by atoms with Crippen LogP contribution in [0.4, 0.5) is 5.69 Å². The standard InChI is InChI=1S/C16H27N3/c1-12(2)15-6-5-9-19(15)16-11-17-8-7-14(16)10-18-13(3)4/h7-8,11-13,15,18H,5-6,9-10H2,1-4H3. The average molecular weight is 261 g/mol. The predicted molar refractivity (Wildman–Crippen MR) is 81.4 cm³/mol. The monoisotopic (exact) mass is 261 g/mol. The Morgan fingerprint density at radius 2 is 2.16 bits per heavy atom. The van der Waals surface area contributed by atoms with E-state index < -0.39 is 0 Å². The molecule has 1 aliphatic heterocycles. The lowest BCUT2D eigenvalue weighted by atomic mass is 10.0. The maximum atomic E-state index is 4.34. The van der Waals surface area contributed by atoms with Crippen LogP contribution in [0.1, 0.15) is 46.1 Å². The highest BCUT2D eigenvalue weighted by molar-refractivity contribution is 5.53. The molecule has 2 heterocycles. The average Bonchev–Trinajstić information content (AvgIpc) is 2.85. The van der Waals surface area contributed by atoms with Gasteiger partial charge in [-0.25, -0.2) is 0 Å². The third-order valence-electron chi connectivity index (χ3n) is 3.97. The van der Waals surface area contributed by atoms with Crippen molar-refractivity contribution in [1.29, 1.82) is 0 Å². The molecule has 0 spiro atoms. The number of rotatable bonds is 5. The number of nitrogens with one attached hydrogen (secondary N) is 1. The zero-order chi connectivity index (χ0) is 13.8. The minimum atomic E-state index is 0.514. The molecule has 2 rings (SSSR count). The maximum Gasteiger partial charge on any atom is 0.0600 e. The normalized spacial score (nSPS) is 19.7. The van der Waals surface area contributed by atoms with Gasteiger partial charge in [0.2, 0.25) is 0 Å². The summed E-state index contributed by atoms with van der Waals surface area (Å²) in [5.41, 5.74) is 2.70. The molecule has 1 aromatic rings. The number of nitrogens with zero attached hydrogens (tertiary/aromatic N) is 2. The van der Waals surface area contributed by atoms with Crippen LogP contribution in [0.25, 0.3) is 0 Å². The van der Waals surface area contributed by atoms with Gasteiger partial charge in [0.05, 0.1) is 11.9 Å². The van der Waals surface area contributed by atoms with E-state index in [1.807, 2.05) is 12.4 Å². The molecule has 0 aliphatic carbocycles. The summed E-state index contributed by atoms with van der Waals surface area (Å²) in [6.07, 6.45) is 6.55. The molecule has 0 aromatic carbocycles. The lowest BCUT2D eigenvalue weighted by Crippen LogP contribution is -2.34. The molecule has 0 saturated carbocycles. The number of aromatic nitrogens is 1. The van der Waals surface area contributed by atoms with Gasteiger partial charge in [-0.15, -0.1) is 0 Å². The van der Waals surface area contributed by atoms with Crippen molar-refractivity contribution in [2.75, 3.05) is 11.4 Å². The summed E-state index contributed by atoms with van der Waals surface area (Å²) in [5, 5.41) is 3.52. The number of hydrogen-bond donors (Lipinski definition) is 1. The summed E-state index contributed by atoms with van der Waals surface area (Å²) in [6, 6.07) is 3.34. The summed E-state index contributed by atoms with van der Waals surface area (Å²) >= 11 is 0. The van der Waals surface area contributed by atoms with E-state index in [-0.39, 0.29) is 0 Å². The van der Waals surface area contributed by atoms with Crippen LogP contribution in [0.15, 0.2) is 18.5 Å². The van der Waals surface area contributed by atoms with Crippen LogP contribution in [-0.2, 0) is 6.54 Å². The molecular weight excluding hydrogens is 234 g/mol. The maximum absolute atomic E-state index is 4.34. The van der Waals surface area contributed by atoms with Gasteiger partial charge in [0, 0.05) is 31.4 Å². The van der Waals surface area contributed by atoms with Crippen LogP contribution in [0, 0.1) is 5.92 Å². The van der Waals surface area contributed by atoms with Gasteiger partial charge in [0.15, 0.2) is 0 Å². The summed E-state index contributed by atoms with van der Waals surface area (Å²) in [4.78, 5) is 6.91. The van der Waals surface area contributed by atoms with Crippen LogP contribution < -0.4 is 10.2 Å². The Kier molecular flexibility index (Phi) is 4.81. The first-order valence-corrected chi connectivity index (χ1v) is 7.52. The van der Waals surface area contributed by atoms with Gasteiger partial charge >= 0.3 is 0 Å². The lowest BCUT2D eigenvalue weighted by molar-refractivity contribution is 0.490. The molecule has 0 radical (unpaired) electrons. The summed E-state index contributed by atoms with van der Waals surface area (Å²) in [6.45, 7) is 11.1. The molecule has 1 fully saturated rings. The van der Waals surface area contributed by atoms with Crippen molar-refractivity contribution in [2.24, 2.45) is 5.92 Å². The summed E-state index contributed by atoms with van der Waals surface area (Å²) < 4.78 is 0. The first kappa shape index (κ1) is 14.3. The fourth-order valence-corrected chi connectivity index (χ4v) is 2.92. The minimum absolute atomic E-state index is 0.514.